The molecule has 0 saturated carbocycles. The van der Waals surface area contributed by atoms with Gasteiger partial charge in [-0.1, -0.05) is 68.4 Å². The van der Waals surface area contributed by atoms with Crippen molar-refractivity contribution in [2.45, 2.75) is 38.5 Å². The zero-order valence-electron chi connectivity index (χ0n) is 23.6. The maximum atomic E-state index is 5.31. The number of nitrogens with zero attached hydrogens (tertiary/aromatic N) is 4. The second-order valence-electron chi connectivity index (χ2n) is 11.6. The van der Waals surface area contributed by atoms with Gasteiger partial charge in [0.1, 0.15) is 11.6 Å². The van der Waals surface area contributed by atoms with E-state index >= 15 is 0 Å². The van der Waals surface area contributed by atoms with Crippen LogP contribution in [-0.2, 0) is 31.9 Å². The zero-order chi connectivity index (χ0) is 27.5. The molecule has 2 aromatic heterocycles. The molecule has 0 aliphatic carbocycles. The first-order valence-electron chi connectivity index (χ1n) is 13.8. The summed E-state index contributed by atoms with van der Waals surface area (Å²) >= 11 is 0. The largest absolute Gasteiger partial charge is 0.312 e. The minimum absolute atomic E-state index is 0. The van der Waals surface area contributed by atoms with Crippen LogP contribution in [-0.4, -0.2) is 19.1 Å². The van der Waals surface area contributed by atoms with E-state index in [-0.39, 0.29) is 26.5 Å². The van der Waals surface area contributed by atoms with E-state index in [4.69, 9.17) is 9.97 Å². The summed E-state index contributed by atoms with van der Waals surface area (Å²) in [6.45, 7) is 8.96. The molecule has 0 unspecified atom stereocenters. The van der Waals surface area contributed by atoms with Crippen molar-refractivity contribution in [2.75, 3.05) is 0 Å². The molecule has 7 rings (SSSR count). The molecule has 5 heteroatoms. The average Bonchev–Trinajstić information content (AvgIpc) is 3.65. The van der Waals surface area contributed by atoms with Crippen LogP contribution in [0.4, 0.5) is 0 Å². The number of fused-ring (bicyclic) bond motifs is 10. The maximum Gasteiger partial charge on any atom is 0.122 e. The van der Waals surface area contributed by atoms with Gasteiger partial charge < -0.3 is 9.13 Å². The third kappa shape index (κ3) is 4.51. The van der Waals surface area contributed by atoms with Gasteiger partial charge in [-0.25, -0.2) is 4.98 Å². The summed E-state index contributed by atoms with van der Waals surface area (Å²) in [6.07, 6.45) is 4.32. The van der Waals surface area contributed by atoms with Crippen LogP contribution in [0.15, 0.2) is 116 Å². The summed E-state index contributed by atoms with van der Waals surface area (Å²) in [7, 11) is 0. The van der Waals surface area contributed by atoms with Crippen molar-refractivity contribution in [3.05, 3.63) is 144 Å². The second-order valence-corrected chi connectivity index (χ2v) is 11.6. The van der Waals surface area contributed by atoms with E-state index in [2.05, 4.69) is 146 Å². The van der Waals surface area contributed by atoms with Gasteiger partial charge in [0.05, 0.1) is 5.69 Å². The van der Waals surface area contributed by atoms with Crippen molar-refractivity contribution in [3.8, 4) is 33.9 Å². The predicted molar refractivity (Wildman–Crippen MR) is 161 cm³/mol. The Labute approximate surface area is 256 Å². The molecule has 1 aliphatic heterocycles. The fourth-order valence-electron chi connectivity index (χ4n) is 5.78. The fourth-order valence-corrected chi connectivity index (χ4v) is 5.78. The molecule has 1 aliphatic rings. The van der Waals surface area contributed by atoms with E-state index in [1.54, 1.807) is 0 Å². The van der Waals surface area contributed by atoms with E-state index in [0.29, 0.717) is 0 Å². The number of para-hydroxylation sites is 2. The van der Waals surface area contributed by atoms with Crippen molar-refractivity contribution in [1.29, 1.82) is 0 Å². The van der Waals surface area contributed by atoms with Crippen molar-refractivity contribution >= 4 is 0 Å². The normalized spacial score (nSPS) is 14.5. The number of hydrogen-bond donors (Lipinski definition) is 0. The van der Waals surface area contributed by atoms with Crippen LogP contribution in [0, 0.1) is 6.07 Å². The number of benzene rings is 4. The first kappa shape index (κ1) is 27.2. The summed E-state index contributed by atoms with van der Waals surface area (Å²) in [4.78, 5) is 10.6. The van der Waals surface area contributed by atoms with Gasteiger partial charge >= 0.3 is 0 Å². The Balaban J connectivity index is 0.00000302. The Hall–Kier alpha value is -4.01. The minimum atomic E-state index is -0.421. The van der Waals surface area contributed by atoms with Crippen molar-refractivity contribution in [1.82, 2.24) is 19.1 Å². The molecule has 41 heavy (non-hydrogen) atoms. The molecule has 0 fully saturated rings. The Morgan fingerprint density at radius 3 is 1.80 bits per heavy atom. The molecular weight excluding hydrogens is 684 g/mol. The standard InChI is InChI=1S/C36H31N4.Pt/c1-35(2)27-15-11-13-25(21-27)32-24-40(30-19-9-6-10-20-30)34(38-32)36(3,4)28-16-12-14-26(22-28)31-23-39(33(35)37-31)29-17-7-5-8-18-29;/h5-21,23-24H,1-4H3;/q-1;. The predicted octanol–water partition coefficient (Wildman–Crippen LogP) is 8.15. The van der Waals surface area contributed by atoms with Crippen LogP contribution >= 0.6 is 0 Å². The molecule has 8 bridgehead atoms. The zero-order valence-corrected chi connectivity index (χ0v) is 25.8. The summed E-state index contributed by atoms with van der Waals surface area (Å²) in [5.74, 6) is 1.95. The molecule has 0 amide bonds. The third-order valence-corrected chi connectivity index (χ3v) is 8.22. The Morgan fingerprint density at radius 2 is 1.15 bits per heavy atom. The number of hydrogen-bond acceptors (Lipinski definition) is 2. The quantitative estimate of drug-likeness (QED) is 0.170. The molecule has 206 valence electrons. The van der Waals surface area contributed by atoms with Crippen LogP contribution < -0.4 is 0 Å². The molecule has 0 saturated heterocycles. The Morgan fingerprint density at radius 1 is 0.585 bits per heavy atom. The molecule has 4 aromatic carbocycles. The molecule has 0 spiro atoms. The third-order valence-electron chi connectivity index (χ3n) is 8.22. The van der Waals surface area contributed by atoms with Crippen molar-refractivity contribution < 1.29 is 21.1 Å². The van der Waals surface area contributed by atoms with Gasteiger partial charge in [-0.2, -0.15) is 0 Å². The van der Waals surface area contributed by atoms with Crippen LogP contribution in [0.25, 0.3) is 33.9 Å². The van der Waals surface area contributed by atoms with Crippen LogP contribution in [0.2, 0.25) is 0 Å². The summed E-state index contributed by atoms with van der Waals surface area (Å²) in [5, 5.41) is 0. The SMILES string of the molecule is CC1(C)c2[c-]c(ccc2)-c2cn(-c3ccccc3)c(n2)C(C)(C)c2cccc(c2)-c2cn(-c3ccccc3)c1n2.[Pt]. The summed E-state index contributed by atoms with van der Waals surface area (Å²) in [5.41, 5.74) is 7.55. The van der Waals surface area contributed by atoms with Gasteiger partial charge in [-0.15, -0.1) is 35.4 Å². The molecule has 6 aromatic rings. The van der Waals surface area contributed by atoms with Crippen molar-refractivity contribution in [3.63, 3.8) is 0 Å². The van der Waals surface area contributed by atoms with Gasteiger partial charge in [0.25, 0.3) is 0 Å². The minimum Gasteiger partial charge on any atom is -0.312 e. The first-order valence-corrected chi connectivity index (χ1v) is 13.8. The first-order chi connectivity index (χ1) is 19.3. The van der Waals surface area contributed by atoms with Gasteiger partial charge in [-0.3, -0.25) is 4.98 Å². The Kier molecular flexibility index (Phi) is 6.71. The smallest absolute Gasteiger partial charge is 0.122 e. The molecule has 0 atom stereocenters. The number of aromatic nitrogens is 4. The van der Waals surface area contributed by atoms with E-state index in [9.17, 15) is 0 Å². The maximum absolute atomic E-state index is 5.31. The van der Waals surface area contributed by atoms with E-state index < -0.39 is 5.41 Å². The molecule has 0 radical (unpaired) electrons. The van der Waals surface area contributed by atoms with E-state index in [0.717, 1.165) is 51.1 Å². The topological polar surface area (TPSA) is 35.6 Å². The monoisotopic (exact) mass is 714 g/mol. The van der Waals surface area contributed by atoms with Crippen LogP contribution in [0.1, 0.15) is 50.5 Å². The van der Waals surface area contributed by atoms with Gasteiger partial charge in [0.2, 0.25) is 0 Å². The number of imidazole rings is 2. The fraction of sp³-hybridized carbons (Fsp3) is 0.167. The van der Waals surface area contributed by atoms with Crippen LogP contribution in [0.5, 0.6) is 0 Å². The van der Waals surface area contributed by atoms with Gasteiger partial charge in [0, 0.05) is 60.7 Å². The second kappa shape index (κ2) is 10.1. The number of rotatable bonds is 2. The molecular formula is C36H31N4Pt-. The van der Waals surface area contributed by atoms with E-state index in [1.165, 1.54) is 5.56 Å². The van der Waals surface area contributed by atoms with Crippen molar-refractivity contribution in [2.24, 2.45) is 0 Å². The Bertz CT molecular complexity index is 1710. The van der Waals surface area contributed by atoms with Gasteiger partial charge in [0.15, 0.2) is 0 Å². The summed E-state index contributed by atoms with van der Waals surface area (Å²) in [6, 6.07) is 39.8. The average molecular weight is 715 g/mol. The van der Waals surface area contributed by atoms with Crippen LogP contribution in [0.3, 0.4) is 0 Å². The molecule has 0 N–H and O–H groups in total. The van der Waals surface area contributed by atoms with Gasteiger partial charge in [-0.05, 0) is 55.9 Å². The molecule has 3 heterocycles. The molecule has 4 nitrogen and oxygen atoms in total. The summed E-state index contributed by atoms with van der Waals surface area (Å²) < 4.78 is 4.46. The van der Waals surface area contributed by atoms with E-state index in [1.807, 2.05) is 12.1 Å².